The van der Waals surface area contributed by atoms with Crippen molar-refractivity contribution in [3.05, 3.63) is 139 Å². The molecule has 43 heavy (non-hydrogen) atoms. The number of allylic oxidation sites excluding steroid dienone is 2. The molecule has 2 aromatic carbocycles. The van der Waals surface area contributed by atoms with E-state index in [0.29, 0.717) is 9.81 Å². The monoisotopic (exact) mass is 652 g/mol. The number of rotatable bonds is 6. The Morgan fingerprint density at radius 2 is 0.884 bits per heavy atom. The minimum absolute atomic E-state index is 0.404. The molecule has 7 rings (SSSR count). The van der Waals surface area contributed by atoms with Crippen molar-refractivity contribution in [3.8, 4) is 19.5 Å². The molecule has 1 aliphatic rings. The van der Waals surface area contributed by atoms with Crippen LogP contribution in [0, 0.1) is 27.7 Å². The van der Waals surface area contributed by atoms with Gasteiger partial charge in [-0.15, -0.1) is 45.3 Å². The van der Waals surface area contributed by atoms with Gasteiger partial charge in [0.25, 0.3) is 0 Å². The largest absolute Gasteiger partial charge is 0.218 e. The van der Waals surface area contributed by atoms with Gasteiger partial charge in [-0.3, -0.25) is 0 Å². The second kappa shape index (κ2) is 11.0. The zero-order chi connectivity index (χ0) is 29.9. The lowest BCUT2D eigenvalue weighted by Crippen LogP contribution is -2.01. The first-order valence-corrected chi connectivity index (χ1v) is 18.8. The number of sulfone groups is 1. The smallest absolute Gasteiger partial charge is 0.210 e. The van der Waals surface area contributed by atoms with Gasteiger partial charge in [0, 0.05) is 40.4 Å². The Morgan fingerprint density at radius 3 is 1.23 bits per heavy atom. The molecule has 0 atom stereocenters. The third kappa shape index (κ3) is 4.75. The van der Waals surface area contributed by atoms with E-state index in [-0.39, 0.29) is 0 Å². The van der Waals surface area contributed by atoms with Crippen molar-refractivity contribution < 1.29 is 8.42 Å². The first-order valence-electron chi connectivity index (χ1n) is 13.9. The van der Waals surface area contributed by atoms with Crippen LogP contribution in [0.5, 0.6) is 0 Å². The fraction of sp³-hybridized carbons (Fsp3) is 0.111. The summed E-state index contributed by atoms with van der Waals surface area (Å²) in [5.41, 5.74) is 7.96. The number of aryl methyl sites for hydroxylation is 4. The zero-order valence-corrected chi connectivity index (χ0v) is 28.2. The predicted octanol–water partition coefficient (Wildman–Crippen LogP) is 11.4. The highest BCUT2D eigenvalue weighted by Gasteiger charge is 2.42. The molecule has 0 fully saturated rings. The van der Waals surface area contributed by atoms with Crippen LogP contribution in [0.1, 0.15) is 43.1 Å². The van der Waals surface area contributed by atoms with E-state index in [1.54, 1.807) is 45.3 Å². The molecular formula is C36H28O2S5. The first kappa shape index (κ1) is 28.4. The molecule has 5 heterocycles. The molecule has 1 aliphatic heterocycles. The molecule has 0 N–H and O–H groups in total. The van der Waals surface area contributed by atoms with Gasteiger partial charge in [0.15, 0.2) is 0 Å². The predicted molar refractivity (Wildman–Crippen MR) is 190 cm³/mol. The molecular weight excluding hydrogens is 625 g/mol. The molecule has 0 bridgehead atoms. The van der Waals surface area contributed by atoms with E-state index >= 15 is 8.42 Å². The van der Waals surface area contributed by atoms with Crippen molar-refractivity contribution >= 4 is 76.1 Å². The third-order valence-corrected chi connectivity index (χ3v) is 14.8. The number of thiophene rings is 4. The lowest BCUT2D eigenvalue weighted by Gasteiger charge is -2.11. The second-order valence-electron chi connectivity index (χ2n) is 10.8. The maximum Gasteiger partial charge on any atom is 0.210 e. The van der Waals surface area contributed by atoms with Gasteiger partial charge in [-0.2, -0.15) is 0 Å². The highest BCUT2D eigenvalue weighted by Crippen LogP contribution is 2.57. The molecule has 4 aromatic heterocycles. The Hall–Kier alpha value is -3.33. The summed E-state index contributed by atoms with van der Waals surface area (Å²) >= 11 is 6.58. The topological polar surface area (TPSA) is 34.1 Å². The number of benzene rings is 2. The van der Waals surface area contributed by atoms with Crippen molar-refractivity contribution in [3.63, 3.8) is 0 Å². The van der Waals surface area contributed by atoms with Gasteiger partial charge in [0.05, 0.1) is 9.81 Å². The van der Waals surface area contributed by atoms with Crippen molar-refractivity contribution in [1.82, 2.24) is 0 Å². The molecule has 0 amide bonds. The fourth-order valence-corrected chi connectivity index (χ4v) is 13.1. The first-order chi connectivity index (χ1) is 20.8. The van der Waals surface area contributed by atoms with Crippen LogP contribution in [0.15, 0.2) is 95.7 Å². The molecule has 0 aliphatic carbocycles. The van der Waals surface area contributed by atoms with Crippen LogP contribution in [-0.4, -0.2) is 8.42 Å². The van der Waals surface area contributed by atoms with Gasteiger partial charge < -0.3 is 0 Å². The van der Waals surface area contributed by atoms with Crippen LogP contribution in [0.3, 0.4) is 0 Å². The van der Waals surface area contributed by atoms with E-state index in [0.717, 1.165) is 52.9 Å². The highest BCUT2D eigenvalue weighted by molar-refractivity contribution is 8.10. The molecule has 6 aromatic rings. The number of hydrogen-bond donors (Lipinski definition) is 0. The summed E-state index contributed by atoms with van der Waals surface area (Å²) in [6, 6.07) is 28.4. The van der Waals surface area contributed by atoms with Crippen molar-refractivity contribution in [2.24, 2.45) is 0 Å². The molecule has 7 heteroatoms. The summed E-state index contributed by atoms with van der Waals surface area (Å²) in [6.07, 6.45) is 0. The summed E-state index contributed by atoms with van der Waals surface area (Å²) in [5, 5.41) is 4.20. The van der Waals surface area contributed by atoms with Crippen LogP contribution in [-0.2, 0) is 9.84 Å². The van der Waals surface area contributed by atoms with Crippen molar-refractivity contribution in [1.29, 1.82) is 0 Å². The highest BCUT2D eigenvalue weighted by atomic mass is 32.2. The summed E-state index contributed by atoms with van der Waals surface area (Å²) in [5.74, 6) is 0. The Kier molecular flexibility index (Phi) is 7.27. The van der Waals surface area contributed by atoms with Crippen molar-refractivity contribution in [2.45, 2.75) is 27.7 Å². The molecule has 0 spiro atoms. The Balaban J connectivity index is 1.55. The van der Waals surface area contributed by atoms with E-state index in [2.05, 4.69) is 62.7 Å². The summed E-state index contributed by atoms with van der Waals surface area (Å²) in [4.78, 5) is 7.04. The van der Waals surface area contributed by atoms with Crippen molar-refractivity contribution in [2.75, 3.05) is 0 Å². The van der Waals surface area contributed by atoms with E-state index in [1.165, 1.54) is 20.9 Å². The second-order valence-corrected chi connectivity index (χ2v) is 16.5. The summed E-state index contributed by atoms with van der Waals surface area (Å²) < 4.78 is 30.2. The van der Waals surface area contributed by atoms with Gasteiger partial charge in [-0.05, 0) is 96.1 Å². The minimum Gasteiger partial charge on any atom is -0.218 e. The van der Waals surface area contributed by atoms with Gasteiger partial charge >= 0.3 is 0 Å². The molecule has 0 saturated heterocycles. The molecule has 0 unspecified atom stereocenters. The lowest BCUT2D eigenvalue weighted by molar-refractivity contribution is 0.615. The van der Waals surface area contributed by atoms with Crippen LogP contribution in [0.2, 0.25) is 0 Å². The van der Waals surface area contributed by atoms with Gasteiger partial charge in [-0.25, -0.2) is 8.42 Å². The average Bonchev–Trinajstić information content (AvgIpc) is 3.81. The Labute approximate surface area is 268 Å². The van der Waals surface area contributed by atoms with Gasteiger partial charge in [-0.1, -0.05) is 60.7 Å². The van der Waals surface area contributed by atoms with Crippen LogP contribution in [0.4, 0.5) is 0 Å². The summed E-state index contributed by atoms with van der Waals surface area (Å²) in [6.45, 7) is 8.41. The number of hydrogen-bond acceptors (Lipinski definition) is 6. The molecule has 0 radical (unpaired) electrons. The average molecular weight is 653 g/mol. The molecule has 214 valence electrons. The summed E-state index contributed by atoms with van der Waals surface area (Å²) in [7, 11) is -3.91. The van der Waals surface area contributed by atoms with Crippen LogP contribution >= 0.6 is 45.3 Å². The Morgan fingerprint density at radius 1 is 0.488 bits per heavy atom. The minimum atomic E-state index is -3.91. The van der Waals surface area contributed by atoms with E-state index in [4.69, 9.17) is 0 Å². The standard InChI is InChI=1S/C36H28O2S5/c1-21-15-17-39-31(21)33-23(3)19-27(41-33)35-29(25-11-7-5-8-12-25)30(26-13-9-6-10-14-26)36(43(35,37)38)28-20-24(4)34(42-28)32-22(2)16-18-40-32/h5-20H,1-4H3. The fourth-order valence-electron chi connectivity index (χ4n) is 5.72. The van der Waals surface area contributed by atoms with E-state index in [9.17, 15) is 0 Å². The molecule has 2 nitrogen and oxygen atoms in total. The normalized spacial score (nSPS) is 14.7. The van der Waals surface area contributed by atoms with E-state index < -0.39 is 9.84 Å². The SMILES string of the molecule is Cc1ccsc1-c1sc(C2=C(c3ccccc3)C(c3ccccc3)=C(c3cc(C)c(-c4sccc4C)s3)S2(=O)=O)cc1C. The molecule has 0 saturated carbocycles. The maximum atomic E-state index is 15.1. The lowest BCUT2D eigenvalue weighted by atomic mass is 9.91. The Bertz CT molecular complexity index is 2020. The quantitative estimate of drug-likeness (QED) is 0.179. The van der Waals surface area contributed by atoms with E-state index in [1.807, 2.05) is 60.7 Å². The van der Waals surface area contributed by atoms with Crippen LogP contribution < -0.4 is 0 Å². The van der Waals surface area contributed by atoms with Gasteiger partial charge in [0.1, 0.15) is 0 Å². The zero-order valence-electron chi connectivity index (χ0n) is 24.1. The third-order valence-electron chi connectivity index (χ3n) is 7.79. The maximum absolute atomic E-state index is 15.1. The van der Waals surface area contributed by atoms with Crippen LogP contribution in [0.25, 0.3) is 40.5 Å². The van der Waals surface area contributed by atoms with Gasteiger partial charge in [0.2, 0.25) is 9.84 Å².